The Kier molecular flexibility index (Phi) is 4.03. The number of aliphatic hydroxyl groups is 1. The number of benzene rings is 1. The van der Waals surface area contributed by atoms with Crippen molar-refractivity contribution in [1.82, 2.24) is 4.90 Å². The first-order valence-electron chi connectivity index (χ1n) is 5.94. The van der Waals surface area contributed by atoms with Crippen LogP contribution in [0.25, 0.3) is 0 Å². The maximum atomic E-state index is 12.2. The number of hydrogen-bond acceptors (Lipinski definition) is 3. The number of ether oxygens (including phenoxy) is 1. The van der Waals surface area contributed by atoms with Gasteiger partial charge in [-0.1, -0.05) is 12.1 Å². The molecular weight excluding hydrogens is 277 g/mol. The Morgan fingerprint density at radius 1 is 1.40 bits per heavy atom. The standard InChI is InChI=1S/C12H13F3N2O3/c13-12(14,15)20-10-4-2-1-3-9(10)16-11(19)17-6-5-8(18)7-17/h1-4,8,18H,5-7H2,(H,16,19)/t8-/m1/s1. The maximum Gasteiger partial charge on any atom is 0.573 e. The molecule has 0 saturated carbocycles. The highest BCUT2D eigenvalue weighted by Gasteiger charge is 2.32. The van der Waals surface area contributed by atoms with E-state index in [1.54, 1.807) is 0 Å². The fourth-order valence-electron chi connectivity index (χ4n) is 1.90. The molecule has 0 aliphatic carbocycles. The lowest BCUT2D eigenvalue weighted by Gasteiger charge is -2.18. The zero-order chi connectivity index (χ0) is 14.8. The molecular formula is C12H13F3N2O3. The second kappa shape index (κ2) is 5.58. The summed E-state index contributed by atoms with van der Waals surface area (Å²) in [4.78, 5) is 13.2. The van der Waals surface area contributed by atoms with Crippen LogP contribution in [-0.4, -0.2) is 41.6 Å². The van der Waals surface area contributed by atoms with E-state index in [1.807, 2.05) is 0 Å². The molecule has 8 heteroatoms. The summed E-state index contributed by atoms with van der Waals surface area (Å²) >= 11 is 0. The first-order valence-corrected chi connectivity index (χ1v) is 5.94. The molecule has 1 aromatic rings. The van der Waals surface area contributed by atoms with Gasteiger partial charge in [-0.3, -0.25) is 0 Å². The van der Waals surface area contributed by atoms with Crippen LogP contribution in [0.5, 0.6) is 5.75 Å². The van der Waals surface area contributed by atoms with Crippen LogP contribution < -0.4 is 10.1 Å². The topological polar surface area (TPSA) is 61.8 Å². The normalized spacial score (nSPS) is 19.0. The largest absolute Gasteiger partial charge is 0.573 e. The number of nitrogens with one attached hydrogen (secondary N) is 1. The van der Waals surface area contributed by atoms with E-state index in [2.05, 4.69) is 10.1 Å². The van der Waals surface area contributed by atoms with E-state index >= 15 is 0 Å². The second-order valence-electron chi connectivity index (χ2n) is 4.36. The predicted molar refractivity (Wildman–Crippen MR) is 64.3 cm³/mol. The van der Waals surface area contributed by atoms with Gasteiger partial charge in [0, 0.05) is 13.1 Å². The van der Waals surface area contributed by atoms with Crippen molar-refractivity contribution in [3.8, 4) is 5.75 Å². The molecule has 2 rings (SSSR count). The lowest BCUT2D eigenvalue weighted by molar-refractivity contribution is -0.274. The zero-order valence-corrected chi connectivity index (χ0v) is 10.4. The number of nitrogens with zero attached hydrogens (tertiary/aromatic N) is 1. The number of para-hydroxylation sites is 2. The van der Waals surface area contributed by atoms with Crippen molar-refractivity contribution < 1.29 is 27.8 Å². The number of halogens is 3. The highest BCUT2D eigenvalue weighted by molar-refractivity contribution is 5.91. The van der Waals surface area contributed by atoms with Crippen molar-refractivity contribution >= 4 is 11.7 Å². The third-order valence-corrected chi connectivity index (χ3v) is 2.80. The quantitative estimate of drug-likeness (QED) is 0.877. The van der Waals surface area contributed by atoms with Crippen LogP contribution in [0, 0.1) is 0 Å². The van der Waals surface area contributed by atoms with Gasteiger partial charge in [0.2, 0.25) is 0 Å². The highest BCUT2D eigenvalue weighted by Crippen LogP contribution is 2.30. The van der Waals surface area contributed by atoms with E-state index < -0.39 is 24.2 Å². The molecule has 1 aliphatic heterocycles. The van der Waals surface area contributed by atoms with E-state index in [4.69, 9.17) is 0 Å². The summed E-state index contributed by atoms with van der Waals surface area (Å²) in [5, 5.41) is 11.7. The Hall–Kier alpha value is -1.96. The smallest absolute Gasteiger partial charge is 0.404 e. The maximum absolute atomic E-state index is 12.2. The highest BCUT2D eigenvalue weighted by atomic mass is 19.4. The first kappa shape index (κ1) is 14.4. The number of urea groups is 1. The fraction of sp³-hybridized carbons (Fsp3) is 0.417. The molecule has 5 nitrogen and oxygen atoms in total. The molecule has 1 aromatic carbocycles. The number of likely N-dealkylation sites (tertiary alicyclic amines) is 1. The summed E-state index contributed by atoms with van der Waals surface area (Å²) in [6.45, 7) is 0.517. The van der Waals surface area contributed by atoms with Crippen molar-refractivity contribution in [3.05, 3.63) is 24.3 Å². The summed E-state index contributed by atoms with van der Waals surface area (Å²) < 4.78 is 40.5. The van der Waals surface area contributed by atoms with E-state index in [0.717, 1.165) is 6.07 Å². The van der Waals surface area contributed by atoms with Gasteiger partial charge in [-0.25, -0.2) is 4.79 Å². The molecule has 1 atom stereocenters. The third kappa shape index (κ3) is 3.77. The minimum Gasteiger partial charge on any atom is -0.404 e. The number of β-amino-alcohol motifs (C(OH)–C–C–N with tert-alkyl or cyclic N) is 1. The number of hydrogen-bond donors (Lipinski definition) is 2. The Balaban J connectivity index is 2.07. The average molecular weight is 290 g/mol. The number of carbonyl (C=O) groups excluding carboxylic acids is 1. The molecule has 20 heavy (non-hydrogen) atoms. The zero-order valence-electron chi connectivity index (χ0n) is 10.4. The molecule has 2 N–H and O–H groups in total. The van der Waals surface area contributed by atoms with Crippen LogP contribution in [0.3, 0.4) is 0 Å². The van der Waals surface area contributed by atoms with E-state index in [-0.39, 0.29) is 12.2 Å². The van der Waals surface area contributed by atoms with Crippen LogP contribution in [0.1, 0.15) is 6.42 Å². The average Bonchev–Trinajstić information content (AvgIpc) is 2.77. The molecule has 0 spiro atoms. The summed E-state index contributed by atoms with van der Waals surface area (Å²) in [6.07, 6.45) is -4.97. The van der Waals surface area contributed by atoms with Gasteiger partial charge < -0.3 is 20.1 Å². The molecule has 0 aromatic heterocycles. The molecule has 1 fully saturated rings. The number of rotatable bonds is 2. The van der Waals surface area contributed by atoms with Crippen LogP contribution in [0.15, 0.2) is 24.3 Å². The monoisotopic (exact) mass is 290 g/mol. The molecule has 1 aliphatic rings. The van der Waals surface area contributed by atoms with Crippen LogP contribution >= 0.6 is 0 Å². The second-order valence-corrected chi connectivity index (χ2v) is 4.36. The SMILES string of the molecule is O=C(Nc1ccccc1OC(F)(F)F)N1CC[C@@H](O)C1. The Morgan fingerprint density at radius 3 is 2.70 bits per heavy atom. The lowest BCUT2D eigenvalue weighted by atomic mass is 10.3. The lowest BCUT2D eigenvalue weighted by Crippen LogP contribution is -2.33. The van der Waals surface area contributed by atoms with Gasteiger partial charge in [-0.2, -0.15) is 0 Å². The summed E-state index contributed by atoms with van der Waals surface area (Å²) in [6, 6.07) is 4.71. The molecule has 0 bridgehead atoms. The summed E-state index contributed by atoms with van der Waals surface area (Å²) in [5.41, 5.74) is -0.0729. The molecule has 1 heterocycles. The molecule has 1 saturated heterocycles. The van der Waals surface area contributed by atoms with Crippen molar-refractivity contribution in [1.29, 1.82) is 0 Å². The van der Waals surface area contributed by atoms with E-state index in [0.29, 0.717) is 13.0 Å². The van der Waals surface area contributed by atoms with Crippen molar-refractivity contribution in [3.63, 3.8) is 0 Å². The number of carbonyl (C=O) groups is 1. The van der Waals surface area contributed by atoms with Crippen molar-refractivity contribution in [2.75, 3.05) is 18.4 Å². The van der Waals surface area contributed by atoms with Crippen molar-refractivity contribution in [2.24, 2.45) is 0 Å². The summed E-state index contributed by atoms with van der Waals surface area (Å²) in [7, 11) is 0. The number of anilines is 1. The minimum atomic E-state index is -4.83. The molecule has 0 unspecified atom stereocenters. The Labute approximate surface area is 112 Å². The van der Waals surface area contributed by atoms with Crippen molar-refractivity contribution in [2.45, 2.75) is 18.9 Å². The number of amides is 2. The minimum absolute atomic E-state index is 0.0729. The van der Waals surface area contributed by atoms with Gasteiger partial charge in [0.1, 0.15) is 0 Å². The summed E-state index contributed by atoms with van der Waals surface area (Å²) in [5.74, 6) is -0.479. The van der Waals surface area contributed by atoms with Gasteiger partial charge in [0.05, 0.1) is 11.8 Å². The predicted octanol–water partition coefficient (Wildman–Crippen LogP) is 2.18. The van der Waals surface area contributed by atoms with Gasteiger partial charge in [-0.15, -0.1) is 13.2 Å². The van der Waals surface area contributed by atoms with Crippen LogP contribution in [-0.2, 0) is 0 Å². The molecule has 110 valence electrons. The first-order chi connectivity index (χ1) is 9.35. The van der Waals surface area contributed by atoms with Crippen LogP contribution in [0.4, 0.5) is 23.7 Å². The van der Waals surface area contributed by atoms with Crippen LogP contribution in [0.2, 0.25) is 0 Å². The fourth-order valence-corrected chi connectivity index (χ4v) is 1.90. The van der Waals surface area contributed by atoms with Gasteiger partial charge >= 0.3 is 12.4 Å². The number of aliphatic hydroxyl groups excluding tert-OH is 1. The molecule has 0 radical (unpaired) electrons. The number of alkyl halides is 3. The van der Waals surface area contributed by atoms with Gasteiger partial charge in [0.15, 0.2) is 5.75 Å². The van der Waals surface area contributed by atoms with E-state index in [1.165, 1.54) is 23.1 Å². The molecule has 2 amide bonds. The van der Waals surface area contributed by atoms with E-state index in [9.17, 15) is 23.1 Å². The third-order valence-electron chi connectivity index (χ3n) is 2.80. The van der Waals surface area contributed by atoms with Gasteiger partial charge in [-0.05, 0) is 18.6 Å². The Morgan fingerprint density at radius 2 is 2.10 bits per heavy atom. The van der Waals surface area contributed by atoms with Gasteiger partial charge in [0.25, 0.3) is 0 Å². The Bertz CT molecular complexity index is 493.